The van der Waals surface area contributed by atoms with Gasteiger partial charge in [-0.05, 0) is 48.4 Å². The largest absolute Gasteiger partial charge is 0.494 e. The Labute approximate surface area is 188 Å². The van der Waals surface area contributed by atoms with E-state index < -0.39 is 0 Å². The SMILES string of the molecule is CC(C)(C)c1ccc(OCCCC(=O)NC2CCN(C(=O)c3ccc(=O)[nH]n3)CC2)cc1. The molecule has 1 aliphatic rings. The first-order chi connectivity index (χ1) is 15.2. The zero-order valence-electron chi connectivity index (χ0n) is 19.0. The summed E-state index contributed by atoms with van der Waals surface area (Å²) in [4.78, 5) is 37.5. The number of ether oxygens (including phenoxy) is 1. The Bertz CT molecular complexity index is 950. The molecule has 0 bridgehead atoms. The molecule has 1 aromatic heterocycles. The van der Waals surface area contributed by atoms with E-state index in [1.54, 1.807) is 4.90 Å². The van der Waals surface area contributed by atoms with Crippen molar-refractivity contribution < 1.29 is 14.3 Å². The van der Waals surface area contributed by atoms with Gasteiger partial charge >= 0.3 is 0 Å². The number of carbonyl (C=O) groups excluding carboxylic acids is 2. The second-order valence-electron chi connectivity index (χ2n) is 9.17. The van der Waals surface area contributed by atoms with Gasteiger partial charge in [-0.3, -0.25) is 14.4 Å². The first-order valence-electron chi connectivity index (χ1n) is 11.1. The fourth-order valence-electron chi connectivity index (χ4n) is 3.63. The third-order valence-electron chi connectivity index (χ3n) is 5.58. The lowest BCUT2D eigenvalue weighted by molar-refractivity contribution is -0.122. The standard InChI is InChI=1S/C24H32N4O4/c1-24(2,3)17-6-8-19(9-7-17)32-16-4-5-21(29)25-18-12-14-28(15-13-18)23(31)20-10-11-22(30)27-26-20/h6-11,18H,4-5,12-16H2,1-3H3,(H,25,29)(H,27,30). The summed E-state index contributed by atoms with van der Waals surface area (Å²) in [6, 6.07) is 10.9. The van der Waals surface area contributed by atoms with Crippen LogP contribution in [0.5, 0.6) is 5.75 Å². The summed E-state index contributed by atoms with van der Waals surface area (Å²) >= 11 is 0. The highest BCUT2D eigenvalue weighted by molar-refractivity contribution is 5.92. The molecule has 0 aliphatic carbocycles. The summed E-state index contributed by atoms with van der Waals surface area (Å²) in [5.41, 5.74) is 1.25. The van der Waals surface area contributed by atoms with Gasteiger partial charge < -0.3 is 15.0 Å². The summed E-state index contributed by atoms with van der Waals surface area (Å²) in [5, 5.41) is 9.12. The molecule has 8 nitrogen and oxygen atoms in total. The smallest absolute Gasteiger partial charge is 0.274 e. The van der Waals surface area contributed by atoms with Crippen LogP contribution in [0.25, 0.3) is 0 Å². The van der Waals surface area contributed by atoms with Crippen molar-refractivity contribution in [3.8, 4) is 5.75 Å². The van der Waals surface area contributed by atoms with Crippen molar-refractivity contribution in [2.75, 3.05) is 19.7 Å². The van der Waals surface area contributed by atoms with E-state index >= 15 is 0 Å². The zero-order valence-corrected chi connectivity index (χ0v) is 19.0. The normalized spacial score (nSPS) is 14.8. The van der Waals surface area contributed by atoms with Gasteiger partial charge in [0, 0.05) is 31.6 Å². The molecule has 172 valence electrons. The zero-order chi connectivity index (χ0) is 23.1. The summed E-state index contributed by atoms with van der Waals surface area (Å²) in [6.07, 6.45) is 2.43. The lowest BCUT2D eigenvalue weighted by Crippen LogP contribution is -2.46. The first-order valence-corrected chi connectivity index (χ1v) is 11.1. The molecule has 3 rings (SSSR count). The minimum Gasteiger partial charge on any atom is -0.494 e. The van der Waals surface area contributed by atoms with Crippen LogP contribution in [0.1, 0.15) is 62.5 Å². The first kappa shape index (κ1) is 23.5. The number of nitrogens with one attached hydrogen (secondary N) is 2. The van der Waals surface area contributed by atoms with Gasteiger partial charge in [0.1, 0.15) is 11.4 Å². The van der Waals surface area contributed by atoms with Gasteiger partial charge in [0.25, 0.3) is 11.5 Å². The molecule has 2 heterocycles. The Morgan fingerprint density at radius 3 is 2.41 bits per heavy atom. The van der Waals surface area contributed by atoms with Gasteiger partial charge in [0.15, 0.2) is 0 Å². The van der Waals surface area contributed by atoms with E-state index in [4.69, 9.17) is 4.74 Å². The fourth-order valence-corrected chi connectivity index (χ4v) is 3.63. The summed E-state index contributed by atoms with van der Waals surface area (Å²) < 4.78 is 5.75. The second-order valence-corrected chi connectivity index (χ2v) is 9.17. The molecule has 2 amide bonds. The van der Waals surface area contributed by atoms with Crippen LogP contribution in [0.2, 0.25) is 0 Å². The number of rotatable bonds is 7. The highest BCUT2D eigenvalue weighted by atomic mass is 16.5. The molecule has 0 spiro atoms. The van der Waals surface area contributed by atoms with E-state index in [0.29, 0.717) is 45.4 Å². The average molecular weight is 441 g/mol. The van der Waals surface area contributed by atoms with E-state index in [1.807, 2.05) is 12.1 Å². The monoisotopic (exact) mass is 440 g/mol. The predicted molar refractivity (Wildman–Crippen MR) is 122 cm³/mol. The van der Waals surface area contributed by atoms with Crippen LogP contribution in [-0.4, -0.2) is 52.6 Å². The van der Waals surface area contributed by atoms with Gasteiger partial charge in [0.05, 0.1) is 6.61 Å². The molecule has 8 heteroatoms. The number of likely N-dealkylation sites (tertiary alicyclic amines) is 1. The Morgan fingerprint density at radius 2 is 1.81 bits per heavy atom. The number of H-pyrrole nitrogens is 1. The van der Waals surface area contributed by atoms with Gasteiger partial charge in [-0.25, -0.2) is 5.10 Å². The van der Waals surface area contributed by atoms with Crippen LogP contribution in [-0.2, 0) is 10.2 Å². The van der Waals surface area contributed by atoms with Crippen LogP contribution in [0.15, 0.2) is 41.2 Å². The Morgan fingerprint density at radius 1 is 1.12 bits per heavy atom. The van der Waals surface area contributed by atoms with E-state index in [-0.39, 0.29) is 34.5 Å². The molecule has 1 aromatic carbocycles. The fraction of sp³-hybridized carbons (Fsp3) is 0.500. The molecular weight excluding hydrogens is 408 g/mol. The van der Waals surface area contributed by atoms with E-state index in [0.717, 1.165) is 5.75 Å². The predicted octanol–water partition coefficient (Wildman–Crippen LogP) is 2.65. The maximum absolute atomic E-state index is 12.4. The maximum Gasteiger partial charge on any atom is 0.274 e. The Kier molecular flexibility index (Phi) is 7.66. The summed E-state index contributed by atoms with van der Waals surface area (Å²) in [7, 11) is 0. The number of carbonyl (C=O) groups is 2. The lowest BCUT2D eigenvalue weighted by atomic mass is 9.87. The third kappa shape index (κ3) is 6.67. The van der Waals surface area contributed by atoms with Gasteiger partial charge in [-0.1, -0.05) is 32.9 Å². The number of aromatic amines is 1. The number of nitrogens with zero attached hydrogens (tertiary/aromatic N) is 2. The van der Waals surface area contributed by atoms with Gasteiger partial charge in [0.2, 0.25) is 5.91 Å². The van der Waals surface area contributed by atoms with E-state index in [9.17, 15) is 14.4 Å². The molecule has 2 aromatic rings. The van der Waals surface area contributed by atoms with Crippen LogP contribution in [0.3, 0.4) is 0 Å². The lowest BCUT2D eigenvalue weighted by Gasteiger charge is -2.32. The topological polar surface area (TPSA) is 104 Å². The minimum atomic E-state index is -0.341. The van der Waals surface area contributed by atoms with Crippen LogP contribution in [0.4, 0.5) is 0 Å². The van der Waals surface area contributed by atoms with Crippen LogP contribution >= 0.6 is 0 Å². The highest BCUT2D eigenvalue weighted by Gasteiger charge is 2.25. The Hall–Kier alpha value is -3.16. The number of aromatic nitrogens is 2. The van der Waals surface area contributed by atoms with Crippen molar-refractivity contribution in [3.05, 3.63) is 58.0 Å². The number of amides is 2. The van der Waals surface area contributed by atoms with Crippen LogP contribution < -0.4 is 15.6 Å². The number of piperidine rings is 1. The molecule has 1 aliphatic heterocycles. The molecule has 0 unspecified atom stereocenters. The molecule has 1 saturated heterocycles. The van der Waals surface area contributed by atoms with Gasteiger partial charge in [-0.15, -0.1) is 0 Å². The Balaban J connectivity index is 1.33. The van der Waals surface area contributed by atoms with Gasteiger partial charge in [-0.2, -0.15) is 5.10 Å². The molecular formula is C24H32N4O4. The molecule has 1 fully saturated rings. The number of benzene rings is 1. The summed E-state index contributed by atoms with van der Waals surface area (Å²) in [5.74, 6) is 0.606. The quantitative estimate of drug-likeness (QED) is 0.644. The molecule has 0 atom stereocenters. The van der Waals surface area contributed by atoms with Crippen molar-refractivity contribution in [2.45, 2.75) is 57.9 Å². The summed E-state index contributed by atoms with van der Waals surface area (Å²) in [6.45, 7) is 8.09. The number of hydrogen-bond donors (Lipinski definition) is 2. The van der Waals surface area contributed by atoms with Crippen molar-refractivity contribution in [3.63, 3.8) is 0 Å². The van der Waals surface area contributed by atoms with Crippen LogP contribution in [0, 0.1) is 0 Å². The van der Waals surface area contributed by atoms with E-state index in [1.165, 1.54) is 17.7 Å². The highest BCUT2D eigenvalue weighted by Crippen LogP contribution is 2.24. The molecule has 0 radical (unpaired) electrons. The molecule has 32 heavy (non-hydrogen) atoms. The van der Waals surface area contributed by atoms with Crippen molar-refractivity contribution in [2.24, 2.45) is 0 Å². The van der Waals surface area contributed by atoms with Crippen molar-refractivity contribution in [1.29, 1.82) is 0 Å². The van der Waals surface area contributed by atoms with Crippen molar-refractivity contribution >= 4 is 11.8 Å². The van der Waals surface area contributed by atoms with Crippen molar-refractivity contribution in [1.82, 2.24) is 20.4 Å². The average Bonchev–Trinajstić information content (AvgIpc) is 2.77. The minimum absolute atomic E-state index is 0.00348. The van der Waals surface area contributed by atoms with E-state index in [2.05, 4.69) is 48.4 Å². The maximum atomic E-state index is 12.4. The number of hydrogen-bond acceptors (Lipinski definition) is 5. The second kappa shape index (κ2) is 10.4. The third-order valence-corrected chi connectivity index (χ3v) is 5.58. The molecule has 2 N–H and O–H groups in total. The molecule has 0 saturated carbocycles.